The summed E-state index contributed by atoms with van der Waals surface area (Å²) in [5.74, 6) is 0.493. The standard InChI is InChI=1S/C19H21BrN2O4S/c1-15(26-17-7-3-2-4-8-17)19(23)21-10-12-22(13-11-21)27(24,25)18-9-5-6-16(20)14-18/h2-9,14-15H,10-13H2,1H3. The second-order valence-corrected chi connectivity index (χ2v) is 9.11. The highest BCUT2D eigenvalue weighted by Crippen LogP contribution is 2.21. The molecule has 0 saturated carbocycles. The van der Waals surface area contributed by atoms with E-state index in [1.807, 2.05) is 18.2 Å². The van der Waals surface area contributed by atoms with Gasteiger partial charge in [0.25, 0.3) is 5.91 Å². The minimum atomic E-state index is -3.57. The number of sulfonamides is 1. The van der Waals surface area contributed by atoms with Crippen LogP contribution in [-0.4, -0.2) is 55.8 Å². The Hall–Kier alpha value is -1.90. The van der Waals surface area contributed by atoms with Gasteiger partial charge in [-0.15, -0.1) is 0 Å². The van der Waals surface area contributed by atoms with Crippen LogP contribution < -0.4 is 4.74 Å². The Balaban J connectivity index is 1.60. The summed E-state index contributed by atoms with van der Waals surface area (Å²) < 4.78 is 33.3. The Bertz CT molecular complexity index is 897. The smallest absolute Gasteiger partial charge is 0.263 e. The second-order valence-electron chi connectivity index (χ2n) is 6.26. The zero-order valence-electron chi connectivity index (χ0n) is 14.9. The highest BCUT2D eigenvalue weighted by atomic mass is 79.9. The SMILES string of the molecule is CC(Oc1ccccc1)C(=O)N1CCN(S(=O)(=O)c2cccc(Br)c2)CC1. The number of nitrogens with zero attached hydrogens (tertiary/aromatic N) is 2. The Kier molecular flexibility index (Phi) is 6.18. The van der Waals surface area contributed by atoms with Crippen LogP contribution >= 0.6 is 15.9 Å². The molecule has 1 heterocycles. The van der Waals surface area contributed by atoms with Crippen molar-refractivity contribution < 1.29 is 17.9 Å². The molecule has 1 atom stereocenters. The molecule has 6 nitrogen and oxygen atoms in total. The molecule has 0 spiro atoms. The van der Waals surface area contributed by atoms with Gasteiger partial charge in [0, 0.05) is 30.7 Å². The lowest BCUT2D eigenvalue weighted by Crippen LogP contribution is -2.53. The van der Waals surface area contributed by atoms with Gasteiger partial charge in [-0.1, -0.05) is 40.2 Å². The van der Waals surface area contributed by atoms with Crippen molar-refractivity contribution >= 4 is 31.9 Å². The van der Waals surface area contributed by atoms with Crippen LogP contribution in [-0.2, 0) is 14.8 Å². The average Bonchev–Trinajstić information content (AvgIpc) is 2.68. The van der Waals surface area contributed by atoms with Gasteiger partial charge in [0.15, 0.2) is 6.10 Å². The maximum absolute atomic E-state index is 12.8. The number of halogens is 1. The summed E-state index contributed by atoms with van der Waals surface area (Å²) in [5, 5.41) is 0. The van der Waals surface area contributed by atoms with Gasteiger partial charge >= 0.3 is 0 Å². The molecule has 0 aliphatic carbocycles. The number of amides is 1. The maximum atomic E-state index is 12.8. The van der Waals surface area contributed by atoms with Crippen LogP contribution in [0.4, 0.5) is 0 Å². The average molecular weight is 453 g/mol. The number of hydrogen-bond acceptors (Lipinski definition) is 4. The van der Waals surface area contributed by atoms with Crippen molar-refractivity contribution in [2.45, 2.75) is 17.9 Å². The molecule has 0 bridgehead atoms. The molecule has 1 saturated heterocycles. The molecule has 3 rings (SSSR count). The minimum Gasteiger partial charge on any atom is -0.481 e. The Labute approximate surface area is 167 Å². The summed E-state index contributed by atoms with van der Waals surface area (Å²) in [6, 6.07) is 15.8. The lowest BCUT2D eigenvalue weighted by molar-refractivity contribution is -0.139. The van der Waals surface area contributed by atoms with Crippen molar-refractivity contribution in [3.8, 4) is 5.75 Å². The van der Waals surface area contributed by atoms with Crippen LogP contribution in [0.2, 0.25) is 0 Å². The van der Waals surface area contributed by atoms with E-state index in [1.54, 1.807) is 48.2 Å². The number of carbonyl (C=O) groups is 1. The third-order valence-electron chi connectivity index (χ3n) is 4.39. The summed E-state index contributed by atoms with van der Waals surface area (Å²) in [6.45, 7) is 2.92. The zero-order valence-corrected chi connectivity index (χ0v) is 17.3. The highest BCUT2D eigenvalue weighted by molar-refractivity contribution is 9.10. The van der Waals surface area contributed by atoms with Crippen LogP contribution in [0.25, 0.3) is 0 Å². The quantitative estimate of drug-likeness (QED) is 0.699. The molecule has 1 unspecified atom stereocenters. The number of hydrogen-bond donors (Lipinski definition) is 0. The van der Waals surface area contributed by atoms with Crippen molar-refractivity contribution in [2.75, 3.05) is 26.2 Å². The fourth-order valence-electron chi connectivity index (χ4n) is 2.94. The molecule has 0 aromatic heterocycles. The van der Waals surface area contributed by atoms with E-state index >= 15 is 0 Å². The van der Waals surface area contributed by atoms with Gasteiger partial charge < -0.3 is 9.64 Å². The molecular weight excluding hydrogens is 432 g/mol. The summed E-state index contributed by atoms with van der Waals surface area (Å²) in [7, 11) is -3.57. The molecule has 1 aliphatic rings. The largest absolute Gasteiger partial charge is 0.481 e. The predicted molar refractivity (Wildman–Crippen MR) is 106 cm³/mol. The van der Waals surface area contributed by atoms with Gasteiger partial charge in [0.1, 0.15) is 5.75 Å². The molecule has 2 aromatic carbocycles. The number of ether oxygens (including phenoxy) is 1. The van der Waals surface area contributed by atoms with Crippen LogP contribution in [0.3, 0.4) is 0 Å². The molecule has 1 amide bonds. The number of rotatable bonds is 5. The van der Waals surface area contributed by atoms with Crippen molar-refractivity contribution in [3.63, 3.8) is 0 Å². The number of piperazine rings is 1. The predicted octanol–water partition coefficient (Wildman–Crippen LogP) is 2.75. The molecule has 1 fully saturated rings. The van der Waals surface area contributed by atoms with E-state index < -0.39 is 16.1 Å². The fraction of sp³-hybridized carbons (Fsp3) is 0.316. The number of para-hydroxylation sites is 1. The van der Waals surface area contributed by atoms with Crippen molar-refractivity contribution in [1.29, 1.82) is 0 Å². The number of benzene rings is 2. The zero-order chi connectivity index (χ0) is 19.4. The van der Waals surface area contributed by atoms with Gasteiger partial charge in [0.05, 0.1) is 4.90 Å². The lowest BCUT2D eigenvalue weighted by Gasteiger charge is -2.35. The fourth-order valence-corrected chi connectivity index (χ4v) is 4.96. The number of carbonyl (C=O) groups excluding carboxylic acids is 1. The maximum Gasteiger partial charge on any atom is 0.263 e. The first-order valence-electron chi connectivity index (χ1n) is 8.64. The van der Waals surface area contributed by atoms with Crippen molar-refractivity contribution in [2.24, 2.45) is 0 Å². The summed E-state index contributed by atoms with van der Waals surface area (Å²) >= 11 is 3.30. The molecule has 0 radical (unpaired) electrons. The van der Waals surface area contributed by atoms with Gasteiger partial charge in [-0.3, -0.25) is 4.79 Å². The normalized spacial score (nSPS) is 16.7. The topological polar surface area (TPSA) is 66.9 Å². The molecule has 8 heteroatoms. The van der Waals surface area contributed by atoms with E-state index in [-0.39, 0.29) is 23.9 Å². The van der Waals surface area contributed by atoms with E-state index in [0.29, 0.717) is 23.3 Å². The van der Waals surface area contributed by atoms with E-state index in [9.17, 15) is 13.2 Å². The van der Waals surface area contributed by atoms with Crippen LogP contribution in [0.1, 0.15) is 6.92 Å². The van der Waals surface area contributed by atoms with E-state index in [2.05, 4.69) is 15.9 Å². The van der Waals surface area contributed by atoms with Crippen LogP contribution in [0.5, 0.6) is 5.75 Å². The highest BCUT2D eigenvalue weighted by Gasteiger charge is 2.32. The molecule has 144 valence electrons. The molecular formula is C19H21BrN2O4S. The first-order valence-corrected chi connectivity index (χ1v) is 10.9. The Morgan fingerprint density at radius 1 is 1.04 bits per heavy atom. The third kappa shape index (κ3) is 4.69. The van der Waals surface area contributed by atoms with E-state index in [4.69, 9.17) is 4.74 Å². The first kappa shape index (κ1) is 19.9. The second kappa shape index (κ2) is 8.41. The van der Waals surface area contributed by atoms with E-state index in [1.165, 1.54) is 4.31 Å². The first-order chi connectivity index (χ1) is 12.9. The summed E-state index contributed by atoms with van der Waals surface area (Å²) in [4.78, 5) is 14.5. The third-order valence-corrected chi connectivity index (χ3v) is 6.78. The van der Waals surface area contributed by atoms with Gasteiger partial charge in [-0.2, -0.15) is 4.31 Å². The summed E-state index contributed by atoms with van der Waals surface area (Å²) in [5.41, 5.74) is 0. The Morgan fingerprint density at radius 2 is 1.70 bits per heavy atom. The Morgan fingerprint density at radius 3 is 2.33 bits per heavy atom. The lowest BCUT2D eigenvalue weighted by atomic mass is 10.3. The molecule has 27 heavy (non-hydrogen) atoms. The van der Waals surface area contributed by atoms with E-state index in [0.717, 1.165) is 0 Å². The van der Waals surface area contributed by atoms with Gasteiger partial charge in [-0.25, -0.2) is 8.42 Å². The monoisotopic (exact) mass is 452 g/mol. The van der Waals surface area contributed by atoms with Gasteiger partial charge in [0.2, 0.25) is 10.0 Å². The minimum absolute atomic E-state index is 0.140. The molecule has 1 aliphatic heterocycles. The molecule has 2 aromatic rings. The van der Waals surface area contributed by atoms with Crippen LogP contribution in [0.15, 0.2) is 64.0 Å². The van der Waals surface area contributed by atoms with Crippen molar-refractivity contribution in [3.05, 3.63) is 59.1 Å². The van der Waals surface area contributed by atoms with Crippen LogP contribution in [0, 0.1) is 0 Å². The van der Waals surface area contributed by atoms with Crippen molar-refractivity contribution in [1.82, 2.24) is 9.21 Å². The summed E-state index contributed by atoms with van der Waals surface area (Å²) in [6.07, 6.45) is -0.624. The molecule has 0 N–H and O–H groups in total. The van der Waals surface area contributed by atoms with Gasteiger partial charge in [-0.05, 0) is 37.3 Å².